The largest absolute Gasteiger partial charge is 0.0651 e. The van der Waals surface area contributed by atoms with Crippen molar-refractivity contribution in [2.45, 2.75) is 40.0 Å². The quantitative estimate of drug-likeness (QED) is 0.737. The lowest BCUT2D eigenvalue weighted by molar-refractivity contribution is 0.558. The Morgan fingerprint density at radius 1 is 1.21 bits per heavy atom. The van der Waals surface area contributed by atoms with E-state index in [2.05, 4.69) is 54.9 Å². The lowest BCUT2D eigenvalue weighted by Gasteiger charge is -2.12. The standard InChI is InChI=1S/C13H19Br/c1-4-10(3)8-12-6-7-13(14)9-11(12)5-2/h6-7,9-10H,4-5,8H2,1-3H3. The maximum atomic E-state index is 3.52. The second-order valence-corrected chi connectivity index (χ2v) is 4.90. The first-order chi connectivity index (χ1) is 6.67. The summed E-state index contributed by atoms with van der Waals surface area (Å²) in [6.45, 7) is 6.80. The molecule has 14 heavy (non-hydrogen) atoms. The van der Waals surface area contributed by atoms with Crippen molar-refractivity contribution in [3.8, 4) is 0 Å². The van der Waals surface area contributed by atoms with Gasteiger partial charge in [0.2, 0.25) is 0 Å². The molecule has 0 aromatic heterocycles. The highest BCUT2D eigenvalue weighted by Crippen LogP contribution is 2.20. The fourth-order valence-electron chi connectivity index (χ4n) is 1.64. The Balaban J connectivity index is 2.85. The van der Waals surface area contributed by atoms with Crippen LogP contribution in [0.15, 0.2) is 22.7 Å². The van der Waals surface area contributed by atoms with Gasteiger partial charge in [-0.05, 0) is 42.0 Å². The van der Waals surface area contributed by atoms with Crippen LogP contribution in [0.5, 0.6) is 0 Å². The monoisotopic (exact) mass is 254 g/mol. The molecule has 0 nitrogen and oxygen atoms in total. The summed E-state index contributed by atoms with van der Waals surface area (Å²) in [5.74, 6) is 0.793. The van der Waals surface area contributed by atoms with Crippen LogP contribution in [0.25, 0.3) is 0 Å². The molecule has 0 bridgehead atoms. The molecule has 0 amide bonds. The third-order valence-electron chi connectivity index (χ3n) is 2.81. The van der Waals surface area contributed by atoms with Crippen LogP contribution in [0.1, 0.15) is 38.3 Å². The molecule has 1 heteroatoms. The van der Waals surface area contributed by atoms with Gasteiger partial charge in [0, 0.05) is 4.47 Å². The lowest BCUT2D eigenvalue weighted by atomic mass is 9.94. The van der Waals surface area contributed by atoms with E-state index in [0.29, 0.717) is 0 Å². The Bertz CT molecular complexity index is 291. The summed E-state index contributed by atoms with van der Waals surface area (Å²) >= 11 is 3.52. The Kier molecular flexibility index (Phi) is 4.67. The van der Waals surface area contributed by atoms with Gasteiger partial charge in [0.1, 0.15) is 0 Å². The average Bonchev–Trinajstić information content (AvgIpc) is 2.20. The molecule has 0 aliphatic carbocycles. The Labute approximate surface area is 95.9 Å². The Hall–Kier alpha value is -0.300. The fraction of sp³-hybridized carbons (Fsp3) is 0.538. The molecule has 1 unspecified atom stereocenters. The van der Waals surface area contributed by atoms with Crippen LogP contribution in [0.4, 0.5) is 0 Å². The Morgan fingerprint density at radius 3 is 2.50 bits per heavy atom. The highest BCUT2D eigenvalue weighted by atomic mass is 79.9. The fourth-order valence-corrected chi connectivity index (χ4v) is 2.05. The number of aryl methyl sites for hydroxylation is 1. The molecule has 1 aromatic rings. The predicted octanol–water partition coefficient (Wildman–Crippen LogP) is 4.60. The number of benzene rings is 1. The van der Waals surface area contributed by atoms with Crippen LogP contribution >= 0.6 is 15.9 Å². The van der Waals surface area contributed by atoms with Crippen molar-refractivity contribution in [1.29, 1.82) is 0 Å². The first kappa shape index (κ1) is 11.8. The minimum absolute atomic E-state index is 0.793. The number of hydrogen-bond acceptors (Lipinski definition) is 0. The maximum absolute atomic E-state index is 3.52. The van der Waals surface area contributed by atoms with Crippen molar-refractivity contribution < 1.29 is 0 Å². The summed E-state index contributed by atoms with van der Waals surface area (Å²) in [5, 5.41) is 0. The summed E-state index contributed by atoms with van der Waals surface area (Å²) in [4.78, 5) is 0. The summed E-state index contributed by atoms with van der Waals surface area (Å²) in [5.41, 5.74) is 3.00. The molecule has 0 radical (unpaired) electrons. The van der Waals surface area contributed by atoms with Gasteiger partial charge in [-0.15, -0.1) is 0 Å². The first-order valence-corrected chi connectivity index (χ1v) is 6.24. The van der Waals surface area contributed by atoms with Gasteiger partial charge < -0.3 is 0 Å². The van der Waals surface area contributed by atoms with E-state index in [-0.39, 0.29) is 0 Å². The molecule has 0 aliphatic heterocycles. The molecular formula is C13H19Br. The van der Waals surface area contributed by atoms with Gasteiger partial charge >= 0.3 is 0 Å². The zero-order chi connectivity index (χ0) is 10.6. The van der Waals surface area contributed by atoms with Gasteiger partial charge in [-0.3, -0.25) is 0 Å². The maximum Gasteiger partial charge on any atom is 0.0178 e. The van der Waals surface area contributed by atoms with Crippen molar-refractivity contribution in [2.24, 2.45) is 5.92 Å². The summed E-state index contributed by atoms with van der Waals surface area (Å²) < 4.78 is 1.20. The first-order valence-electron chi connectivity index (χ1n) is 5.44. The molecule has 0 aliphatic rings. The van der Waals surface area contributed by atoms with E-state index < -0.39 is 0 Å². The predicted molar refractivity (Wildman–Crippen MR) is 66.7 cm³/mol. The van der Waals surface area contributed by atoms with E-state index in [0.717, 1.165) is 12.3 Å². The average molecular weight is 255 g/mol. The summed E-state index contributed by atoms with van der Waals surface area (Å²) in [7, 11) is 0. The molecule has 1 rings (SSSR count). The van der Waals surface area contributed by atoms with Crippen LogP contribution in [0.2, 0.25) is 0 Å². The van der Waals surface area contributed by atoms with Crippen molar-refractivity contribution in [2.75, 3.05) is 0 Å². The van der Waals surface area contributed by atoms with Crippen LogP contribution in [-0.4, -0.2) is 0 Å². The van der Waals surface area contributed by atoms with Crippen molar-refractivity contribution in [3.63, 3.8) is 0 Å². The molecule has 0 heterocycles. The minimum atomic E-state index is 0.793. The molecule has 0 fully saturated rings. The van der Waals surface area contributed by atoms with Crippen LogP contribution in [0.3, 0.4) is 0 Å². The molecule has 1 atom stereocenters. The van der Waals surface area contributed by atoms with Crippen LogP contribution in [-0.2, 0) is 12.8 Å². The SMILES string of the molecule is CCc1cc(Br)ccc1CC(C)CC. The molecule has 0 N–H and O–H groups in total. The van der Waals surface area contributed by atoms with Gasteiger partial charge in [0.05, 0.1) is 0 Å². The zero-order valence-electron chi connectivity index (χ0n) is 9.31. The molecular weight excluding hydrogens is 236 g/mol. The second-order valence-electron chi connectivity index (χ2n) is 3.98. The molecule has 78 valence electrons. The van der Waals surface area contributed by atoms with Crippen LogP contribution < -0.4 is 0 Å². The molecule has 1 aromatic carbocycles. The normalized spacial score (nSPS) is 12.9. The third-order valence-corrected chi connectivity index (χ3v) is 3.31. The van der Waals surface area contributed by atoms with Gasteiger partial charge in [0.15, 0.2) is 0 Å². The summed E-state index contributed by atoms with van der Waals surface area (Å²) in [6.07, 6.45) is 3.61. The van der Waals surface area contributed by atoms with E-state index in [4.69, 9.17) is 0 Å². The van der Waals surface area contributed by atoms with E-state index in [1.54, 1.807) is 0 Å². The van der Waals surface area contributed by atoms with E-state index in [1.165, 1.54) is 28.4 Å². The molecule has 0 saturated heterocycles. The van der Waals surface area contributed by atoms with E-state index in [9.17, 15) is 0 Å². The highest BCUT2D eigenvalue weighted by molar-refractivity contribution is 9.10. The molecule has 0 saturated carbocycles. The van der Waals surface area contributed by atoms with E-state index in [1.807, 2.05) is 0 Å². The van der Waals surface area contributed by atoms with Gasteiger partial charge in [-0.1, -0.05) is 49.2 Å². The topological polar surface area (TPSA) is 0 Å². The zero-order valence-corrected chi connectivity index (χ0v) is 10.9. The number of rotatable bonds is 4. The van der Waals surface area contributed by atoms with Gasteiger partial charge in [-0.25, -0.2) is 0 Å². The van der Waals surface area contributed by atoms with Crippen molar-refractivity contribution in [3.05, 3.63) is 33.8 Å². The van der Waals surface area contributed by atoms with E-state index >= 15 is 0 Å². The number of hydrogen-bond donors (Lipinski definition) is 0. The van der Waals surface area contributed by atoms with Crippen LogP contribution in [0, 0.1) is 5.92 Å². The summed E-state index contributed by atoms with van der Waals surface area (Å²) in [6, 6.07) is 6.66. The van der Waals surface area contributed by atoms with Gasteiger partial charge in [0.25, 0.3) is 0 Å². The number of halogens is 1. The Morgan fingerprint density at radius 2 is 1.93 bits per heavy atom. The van der Waals surface area contributed by atoms with Crippen molar-refractivity contribution >= 4 is 15.9 Å². The minimum Gasteiger partial charge on any atom is -0.0651 e. The van der Waals surface area contributed by atoms with Gasteiger partial charge in [-0.2, -0.15) is 0 Å². The third kappa shape index (κ3) is 3.13. The second kappa shape index (κ2) is 5.55. The smallest absolute Gasteiger partial charge is 0.0178 e. The molecule has 0 spiro atoms. The lowest BCUT2D eigenvalue weighted by Crippen LogP contribution is -2.01. The van der Waals surface area contributed by atoms with Crippen molar-refractivity contribution in [1.82, 2.24) is 0 Å². The highest BCUT2D eigenvalue weighted by Gasteiger charge is 2.05.